The van der Waals surface area contributed by atoms with E-state index in [4.69, 9.17) is 4.74 Å². The Morgan fingerprint density at radius 2 is 1.81 bits per heavy atom. The Bertz CT molecular complexity index is 682. The lowest BCUT2D eigenvalue weighted by Crippen LogP contribution is -2.50. The Morgan fingerprint density at radius 3 is 2.52 bits per heavy atom. The average molecular weight is 543 g/mol. The van der Waals surface area contributed by atoms with Gasteiger partial charge in [0.1, 0.15) is 0 Å². The van der Waals surface area contributed by atoms with E-state index >= 15 is 0 Å². The number of benzene rings is 1. The maximum atomic E-state index is 6.14. The van der Waals surface area contributed by atoms with Crippen molar-refractivity contribution in [1.29, 1.82) is 0 Å². The van der Waals surface area contributed by atoms with Crippen molar-refractivity contribution in [2.45, 2.75) is 25.6 Å². The Labute approximate surface area is 204 Å². The van der Waals surface area contributed by atoms with Gasteiger partial charge in [-0.1, -0.05) is 37.3 Å². The average Bonchev–Trinajstić information content (AvgIpc) is 3.23. The van der Waals surface area contributed by atoms with Gasteiger partial charge in [0.2, 0.25) is 0 Å². The van der Waals surface area contributed by atoms with E-state index in [1.807, 2.05) is 7.05 Å². The van der Waals surface area contributed by atoms with Crippen molar-refractivity contribution in [3.63, 3.8) is 0 Å². The third-order valence-electron chi connectivity index (χ3n) is 6.78. The van der Waals surface area contributed by atoms with Gasteiger partial charge in [0.15, 0.2) is 5.96 Å². The van der Waals surface area contributed by atoms with E-state index in [1.165, 1.54) is 38.3 Å². The van der Waals surface area contributed by atoms with E-state index in [0.717, 1.165) is 51.8 Å². The number of aliphatic imine (C=N–C) groups is 1. The molecule has 174 valence electrons. The number of hydrogen-bond donors (Lipinski definition) is 1. The summed E-state index contributed by atoms with van der Waals surface area (Å²) >= 11 is 0. The van der Waals surface area contributed by atoms with Crippen LogP contribution in [0.15, 0.2) is 35.3 Å². The second-order valence-electron chi connectivity index (χ2n) is 8.59. The SMILES string of the molecule is CCN1CCN(CCNC(=NC)N2CC3OCCN(Cc4ccccc4)C3C2)CC1.I. The minimum atomic E-state index is 0. The van der Waals surface area contributed by atoms with Crippen LogP contribution in [0.3, 0.4) is 0 Å². The van der Waals surface area contributed by atoms with Crippen molar-refractivity contribution < 1.29 is 4.74 Å². The first-order valence-corrected chi connectivity index (χ1v) is 11.6. The second kappa shape index (κ2) is 12.3. The molecule has 0 spiro atoms. The first-order valence-electron chi connectivity index (χ1n) is 11.6. The topological polar surface area (TPSA) is 46.6 Å². The third-order valence-corrected chi connectivity index (χ3v) is 6.78. The van der Waals surface area contributed by atoms with Gasteiger partial charge < -0.3 is 19.9 Å². The number of nitrogens with zero attached hydrogens (tertiary/aromatic N) is 5. The maximum absolute atomic E-state index is 6.14. The number of nitrogens with one attached hydrogen (secondary N) is 1. The molecular weight excluding hydrogens is 503 g/mol. The molecule has 0 aliphatic carbocycles. The zero-order valence-electron chi connectivity index (χ0n) is 19.1. The standard InChI is InChI=1S/C23H38N6O.HI/c1-3-26-11-13-27(14-12-26)10-9-25-23(24-2)29-18-21-22(19-29)30-16-15-28(21)17-20-7-5-4-6-8-20;/h4-8,21-22H,3,9-19H2,1-2H3,(H,24,25);1H. The second-order valence-corrected chi connectivity index (χ2v) is 8.59. The molecular formula is C23H39IN6O. The molecule has 0 radical (unpaired) electrons. The van der Waals surface area contributed by atoms with Crippen LogP contribution in [0.2, 0.25) is 0 Å². The Kier molecular flexibility index (Phi) is 9.83. The molecule has 1 N–H and O–H groups in total. The van der Waals surface area contributed by atoms with Gasteiger partial charge in [-0.2, -0.15) is 0 Å². The molecule has 3 aliphatic heterocycles. The van der Waals surface area contributed by atoms with Crippen molar-refractivity contribution in [2.24, 2.45) is 4.99 Å². The smallest absolute Gasteiger partial charge is 0.193 e. The summed E-state index contributed by atoms with van der Waals surface area (Å²) in [5, 5.41) is 3.60. The first kappa shape index (κ1) is 24.7. The van der Waals surface area contributed by atoms with Crippen LogP contribution in [0.5, 0.6) is 0 Å². The maximum Gasteiger partial charge on any atom is 0.193 e. The van der Waals surface area contributed by atoms with Gasteiger partial charge >= 0.3 is 0 Å². The summed E-state index contributed by atoms with van der Waals surface area (Å²) in [6, 6.07) is 11.2. The molecule has 3 aliphatic rings. The lowest BCUT2D eigenvalue weighted by Gasteiger charge is -2.36. The van der Waals surface area contributed by atoms with Gasteiger partial charge in [-0.15, -0.1) is 24.0 Å². The minimum absolute atomic E-state index is 0. The fourth-order valence-electron chi connectivity index (χ4n) is 4.93. The summed E-state index contributed by atoms with van der Waals surface area (Å²) in [5.41, 5.74) is 1.38. The van der Waals surface area contributed by atoms with Crippen LogP contribution in [-0.2, 0) is 11.3 Å². The zero-order chi connectivity index (χ0) is 20.8. The lowest BCUT2D eigenvalue weighted by atomic mass is 10.1. The van der Waals surface area contributed by atoms with E-state index < -0.39 is 0 Å². The van der Waals surface area contributed by atoms with Crippen LogP contribution in [-0.4, -0.2) is 117 Å². The summed E-state index contributed by atoms with van der Waals surface area (Å²) in [4.78, 5) is 14.6. The predicted octanol–water partition coefficient (Wildman–Crippen LogP) is 1.40. The number of hydrogen-bond acceptors (Lipinski definition) is 5. The number of morpholine rings is 1. The molecule has 2 atom stereocenters. The Hall–Kier alpha value is -0.940. The van der Waals surface area contributed by atoms with Gasteiger partial charge in [-0.05, 0) is 12.1 Å². The third kappa shape index (κ3) is 6.54. The van der Waals surface area contributed by atoms with Crippen LogP contribution < -0.4 is 5.32 Å². The number of rotatable bonds is 6. The molecule has 0 bridgehead atoms. The van der Waals surface area contributed by atoms with Crippen LogP contribution in [0.1, 0.15) is 12.5 Å². The molecule has 8 heteroatoms. The summed E-state index contributed by atoms with van der Waals surface area (Å²) < 4.78 is 6.14. The number of likely N-dealkylation sites (N-methyl/N-ethyl adjacent to an activating group) is 1. The number of piperazine rings is 1. The monoisotopic (exact) mass is 542 g/mol. The molecule has 4 rings (SSSR count). The highest BCUT2D eigenvalue weighted by Crippen LogP contribution is 2.24. The molecule has 0 saturated carbocycles. The van der Waals surface area contributed by atoms with Crippen molar-refractivity contribution >= 4 is 29.9 Å². The number of likely N-dealkylation sites (tertiary alicyclic amines) is 1. The Balaban J connectivity index is 0.00000272. The molecule has 3 heterocycles. The van der Waals surface area contributed by atoms with Crippen LogP contribution in [0, 0.1) is 0 Å². The van der Waals surface area contributed by atoms with Crippen molar-refractivity contribution in [3.05, 3.63) is 35.9 Å². The number of halogens is 1. The molecule has 7 nitrogen and oxygen atoms in total. The van der Waals surface area contributed by atoms with Crippen molar-refractivity contribution in [3.8, 4) is 0 Å². The largest absolute Gasteiger partial charge is 0.373 e. The Morgan fingerprint density at radius 1 is 1.06 bits per heavy atom. The van der Waals surface area contributed by atoms with E-state index in [0.29, 0.717) is 6.04 Å². The number of fused-ring (bicyclic) bond motifs is 1. The van der Waals surface area contributed by atoms with Crippen LogP contribution >= 0.6 is 24.0 Å². The van der Waals surface area contributed by atoms with E-state index in [9.17, 15) is 0 Å². The number of guanidine groups is 1. The van der Waals surface area contributed by atoms with Gasteiger partial charge in [-0.3, -0.25) is 14.8 Å². The van der Waals surface area contributed by atoms with Crippen molar-refractivity contribution in [2.75, 3.05) is 79.1 Å². The minimum Gasteiger partial charge on any atom is -0.373 e. The summed E-state index contributed by atoms with van der Waals surface area (Å²) in [6.07, 6.45) is 0.267. The molecule has 0 aromatic heterocycles. The van der Waals surface area contributed by atoms with Crippen LogP contribution in [0.4, 0.5) is 0 Å². The molecule has 0 amide bonds. The highest BCUT2D eigenvalue weighted by Gasteiger charge is 2.41. The summed E-state index contributed by atoms with van der Waals surface area (Å²) in [6.45, 7) is 14.9. The fourth-order valence-corrected chi connectivity index (χ4v) is 4.93. The van der Waals surface area contributed by atoms with Crippen molar-refractivity contribution in [1.82, 2.24) is 24.9 Å². The van der Waals surface area contributed by atoms with E-state index in [-0.39, 0.29) is 30.1 Å². The molecule has 2 unspecified atom stereocenters. The van der Waals surface area contributed by atoms with Gasteiger partial charge in [0, 0.05) is 72.5 Å². The normalized spacial score (nSPS) is 25.9. The first-order chi connectivity index (χ1) is 14.8. The molecule has 1 aromatic carbocycles. The van der Waals surface area contributed by atoms with Gasteiger partial charge in [0.25, 0.3) is 0 Å². The van der Waals surface area contributed by atoms with Gasteiger partial charge in [-0.25, -0.2) is 0 Å². The molecule has 31 heavy (non-hydrogen) atoms. The molecule has 1 aromatic rings. The highest BCUT2D eigenvalue weighted by atomic mass is 127. The van der Waals surface area contributed by atoms with E-state index in [2.05, 4.69) is 67.2 Å². The van der Waals surface area contributed by atoms with Gasteiger partial charge in [0.05, 0.1) is 18.8 Å². The molecule has 3 saturated heterocycles. The fraction of sp³-hybridized carbons (Fsp3) is 0.696. The summed E-state index contributed by atoms with van der Waals surface area (Å²) in [7, 11) is 1.90. The van der Waals surface area contributed by atoms with E-state index in [1.54, 1.807) is 0 Å². The quantitative estimate of drug-likeness (QED) is 0.334. The highest BCUT2D eigenvalue weighted by molar-refractivity contribution is 14.0. The predicted molar refractivity (Wildman–Crippen MR) is 137 cm³/mol. The number of ether oxygens (including phenoxy) is 1. The summed E-state index contributed by atoms with van der Waals surface area (Å²) in [5.74, 6) is 1.01. The molecule has 3 fully saturated rings. The lowest BCUT2D eigenvalue weighted by molar-refractivity contribution is -0.0502. The zero-order valence-corrected chi connectivity index (χ0v) is 21.4. The van der Waals surface area contributed by atoms with Crippen LogP contribution in [0.25, 0.3) is 0 Å².